The maximum atomic E-state index is 15.6. The van der Waals surface area contributed by atoms with E-state index in [4.69, 9.17) is 9.47 Å². The van der Waals surface area contributed by atoms with Gasteiger partial charge in [0, 0.05) is 30.1 Å². The van der Waals surface area contributed by atoms with Gasteiger partial charge in [-0.15, -0.1) is 0 Å². The minimum atomic E-state index is -1.74. The first-order chi connectivity index (χ1) is 23.9. The lowest BCUT2D eigenvalue weighted by Gasteiger charge is -2.64. The van der Waals surface area contributed by atoms with Crippen molar-refractivity contribution < 1.29 is 34.1 Å². The number of hydrogen-bond acceptors (Lipinski definition) is 7. The van der Waals surface area contributed by atoms with Crippen molar-refractivity contribution in [3.63, 3.8) is 0 Å². The number of benzene rings is 1. The summed E-state index contributed by atoms with van der Waals surface area (Å²) in [6.07, 6.45) is 6.03. The van der Waals surface area contributed by atoms with Crippen LogP contribution in [-0.4, -0.2) is 51.8 Å². The fraction of sp³-hybridized carbons (Fsp3) is 0.750. The second-order valence-electron chi connectivity index (χ2n) is 18.8. The molecular weight excluding hydrogens is 640 g/mol. The molecule has 0 radical (unpaired) electrons. The molecule has 0 amide bonds. The second-order valence-corrected chi connectivity index (χ2v) is 18.8. The van der Waals surface area contributed by atoms with Crippen LogP contribution in [0.2, 0.25) is 0 Å². The van der Waals surface area contributed by atoms with Gasteiger partial charge >= 0.3 is 11.9 Å². The van der Waals surface area contributed by atoms with Crippen LogP contribution in [0.15, 0.2) is 41.5 Å². The standard InChI is InChI=1S/C44H64O7/c1-25(2)14-13-15-26(3)31-20-21-32-30-18-19-34-39(51-40(48)29-16-11-10-12-17-29)44(49)24-35(46)27(4)36(41(44,6)7)37(50-28(5)45)38(47)43(34,9)33(30)22-23-42(31,32)8/h10-12,16-17,25-26,30-35,37,39,46,49H,13-15,18-24H2,1-9H3/t26-,30+,31-,32+,33+,34+,35-,37-,39+,42-,43-,44-/m1/s1. The van der Waals surface area contributed by atoms with Gasteiger partial charge in [0.15, 0.2) is 11.9 Å². The van der Waals surface area contributed by atoms with E-state index in [0.29, 0.717) is 46.8 Å². The molecular formula is C44H64O7. The molecule has 0 aliphatic heterocycles. The SMILES string of the molecule is CC(=O)O[C@H]1C(=O)[C@]2(C)[C@H]3CC[C@]4(C)[C@@H]([C@H](C)CCCC(C)C)CC[C@H]4[C@@H]3CC[C@H]2[C@H](OC(=O)c2ccccc2)[C@]2(O)C[C@@H](O)C(C)=C1C2(C)C. The average Bonchev–Trinajstić information content (AvgIpc) is 3.43. The van der Waals surface area contributed by atoms with Gasteiger partial charge in [0.1, 0.15) is 11.7 Å². The average molecular weight is 705 g/mol. The van der Waals surface area contributed by atoms with Crippen molar-refractivity contribution in [3.8, 4) is 0 Å². The number of hydrogen-bond donors (Lipinski definition) is 2. The molecule has 7 nitrogen and oxygen atoms in total. The monoisotopic (exact) mass is 704 g/mol. The Kier molecular flexibility index (Phi) is 10.3. The summed E-state index contributed by atoms with van der Waals surface area (Å²) in [7, 11) is 0. The van der Waals surface area contributed by atoms with E-state index in [-0.39, 0.29) is 23.5 Å². The summed E-state index contributed by atoms with van der Waals surface area (Å²) in [5.74, 6) is 0.921. The van der Waals surface area contributed by atoms with Gasteiger partial charge in [0.25, 0.3) is 0 Å². The van der Waals surface area contributed by atoms with Gasteiger partial charge in [-0.3, -0.25) is 9.59 Å². The van der Waals surface area contributed by atoms with E-state index in [1.807, 2.05) is 26.8 Å². The Labute approximate surface area is 306 Å². The molecule has 5 aliphatic rings. The molecule has 1 aromatic carbocycles. The number of carbonyl (C=O) groups excluding carboxylic acids is 3. The molecule has 2 N–H and O–H groups in total. The minimum Gasteiger partial charge on any atom is -0.455 e. The van der Waals surface area contributed by atoms with Gasteiger partial charge in [-0.2, -0.15) is 0 Å². The van der Waals surface area contributed by atoms with Gasteiger partial charge < -0.3 is 19.7 Å². The Morgan fingerprint density at radius 3 is 2.22 bits per heavy atom. The zero-order chi connectivity index (χ0) is 37.3. The van der Waals surface area contributed by atoms with E-state index >= 15 is 4.79 Å². The molecule has 2 bridgehead atoms. The summed E-state index contributed by atoms with van der Waals surface area (Å²) >= 11 is 0. The van der Waals surface area contributed by atoms with Crippen LogP contribution in [0.25, 0.3) is 0 Å². The largest absolute Gasteiger partial charge is 0.455 e. The summed E-state index contributed by atoms with van der Waals surface area (Å²) in [5.41, 5.74) is -2.42. The van der Waals surface area contributed by atoms with Crippen LogP contribution < -0.4 is 0 Å². The van der Waals surface area contributed by atoms with E-state index < -0.39 is 52.6 Å². The predicted octanol–water partition coefficient (Wildman–Crippen LogP) is 8.50. The van der Waals surface area contributed by atoms with E-state index in [9.17, 15) is 19.8 Å². The van der Waals surface area contributed by atoms with Crippen molar-refractivity contribution in [1.29, 1.82) is 0 Å². The first-order valence-corrected chi connectivity index (χ1v) is 20.0. The predicted molar refractivity (Wildman–Crippen MR) is 197 cm³/mol. The fourth-order valence-electron chi connectivity index (χ4n) is 12.8. The Balaban J connectivity index is 1.45. The van der Waals surface area contributed by atoms with Crippen LogP contribution >= 0.6 is 0 Å². The number of fused-ring (bicyclic) bond motifs is 7. The molecule has 5 aliphatic carbocycles. The fourth-order valence-corrected chi connectivity index (χ4v) is 12.8. The van der Waals surface area contributed by atoms with E-state index in [1.54, 1.807) is 31.2 Å². The maximum absolute atomic E-state index is 15.6. The third-order valence-electron chi connectivity index (χ3n) is 15.6. The van der Waals surface area contributed by atoms with E-state index in [0.717, 1.165) is 31.6 Å². The molecule has 282 valence electrons. The molecule has 7 heteroatoms. The Morgan fingerprint density at radius 2 is 1.57 bits per heavy atom. The quantitative estimate of drug-likeness (QED) is 0.206. The summed E-state index contributed by atoms with van der Waals surface area (Å²) in [4.78, 5) is 42.4. The van der Waals surface area contributed by atoms with Crippen molar-refractivity contribution in [2.45, 2.75) is 150 Å². The number of carbonyl (C=O) groups is 3. The number of aliphatic hydroxyl groups excluding tert-OH is 1. The van der Waals surface area contributed by atoms with Crippen LogP contribution in [-0.2, 0) is 19.1 Å². The summed E-state index contributed by atoms with van der Waals surface area (Å²) in [6, 6.07) is 8.80. The Morgan fingerprint density at radius 1 is 0.902 bits per heavy atom. The van der Waals surface area contributed by atoms with Crippen molar-refractivity contribution in [1.82, 2.24) is 0 Å². The lowest BCUT2D eigenvalue weighted by Crippen LogP contribution is -2.71. The molecule has 51 heavy (non-hydrogen) atoms. The van der Waals surface area contributed by atoms with Crippen molar-refractivity contribution in [2.75, 3.05) is 0 Å². The van der Waals surface area contributed by atoms with Crippen LogP contribution in [0.3, 0.4) is 0 Å². The number of ether oxygens (including phenoxy) is 2. The molecule has 0 spiro atoms. The van der Waals surface area contributed by atoms with Crippen molar-refractivity contribution in [2.24, 2.45) is 57.7 Å². The van der Waals surface area contributed by atoms with E-state index in [2.05, 4.69) is 27.7 Å². The molecule has 4 fully saturated rings. The molecule has 0 heterocycles. The highest BCUT2D eigenvalue weighted by Crippen LogP contribution is 2.69. The first-order valence-electron chi connectivity index (χ1n) is 20.0. The molecule has 0 aromatic heterocycles. The highest BCUT2D eigenvalue weighted by molar-refractivity contribution is 5.95. The molecule has 1 aromatic rings. The smallest absolute Gasteiger partial charge is 0.338 e. The maximum Gasteiger partial charge on any atom is 0.338 e. The Hall–Kier alpha value is -2.51. The minimum absolute atomic E-state index is 0.0239. The number of Topliss-reactive ketones (excluding diaryl/α,β-unsaturated/α-hetero) is 1. The van der Waals surface area contributed by atoms with Crippen molar-refractivity contribution >= 4 is 17.7 Å². The zero-order valence-corrected chi connectivity index (χ0v) is 32.7. The summed E-state index contributed by atoms with van der Waals surface area (Å²) in [5, 5.41) is 24.7. The third kappa shape index (κ3) is 6.05. The van der Waals surface area contributed by atoms with E-state index in [1.165, 1.54) is 32.6 Å². The van der Waals surface area contributed by atoms with Gasteiger partial charge in [0.2, 0.25) is 0 Å². The van der Waals surface area contributed by atoms with Gasteiger partial charge in [-0.1, -0.05) is 85.9 Å². The lowest BCUT2D eigenvalue weighted by atomic mass is 9.41. The number of rotatable bonds is 8. The molecule has 4 saturated carbocycles. The zero-order valence-electron chi connectivity index (χ0n) is 32.7. The normalized spacial score (nSPS) is 40.7. The van der Waals surface area contributed by atoms with Gasteiger partial charge in [-0.25, -0.2) is 4.79 Å². The molecule has 12 atom stereocenters. The first kappa shape index (κ1) is 38.2. The molecule has 6 rings (SSSR count). The topological polar surface area (TPSA) is 110 Å². The van der Waals surface area contributed by atoms with Crippen molar-refractivity contribution in [3.05, 3.63) is 47.0 Å². The van der Waals surface area contributed by atoms with Gasteiger partial charge in [-0.05, 0) is 110 Å². The van der Waals surface area contributed by atoms with Crippen LogP contribution in [0, 0.1) is 57.7 Å². The number of ketones is 1. The highest BCUT2D eigenvalue weighted by Gasteiger charge is 2.71. The molecule has 0 unspecified atom stereocenters. The van der Waals surface area contributed by atoms with Crippen LogP contribution in [0.4, 0.5) is 0 Å². The third-order valence-corrected chi connectivity index (χ3v) is 15.6. The highest BCUT2D eigenvalue weighted by atomic mass is 16.6. The lowest BCUT2D eigenvalue weighted by molar-refractivity contribution is -0.226. The summed E-state index contributed by atoms with van der Waals surface area (Å²) in [6.45, 7) is 18.4. The van der Waals surface area contributed by atoms with Gasteiger partial charge in [0.05, 0.1) is 11.7 Å². The van der Waals surface area contributed by atoms with Crippen LogP contribution in [0.5, 0.6) is 0 Å². The van der Waals surface area contributed by atoms with Crippen LogP contribution in [0.1, 0.15) is 137 Å². The Bertz CT molecular complexity index is 1530. The summed E-state index contributed by atoms with van der Waals surface area (Å²) < 4.78 is 12.6. The molecule has 0 saturated heterocycles. The number of esters is 2. The second kappa shape index (κ2) is 13.7. The number of aliphatic hydroxyl groups is 2.